The molecule has 0 aliphatic rings. The van der Waals surface area contributed by atoms with Crippen LogP contribution in [0.2, 0.25) is 0 Å². The monoisotopic (exact) mass is 486 g/mol. The van der Waals surface area contributed by atoms with Gasteiger partial charge in [0.15, 0.2) is 0 Å². The van der Waals surface area contributed by atoms with E-state index in [-0.39, 0.29) is 12.8 Å². The van der Waals surface area contributed by atoms with E-state index in [9.17, 15) is 9.59 Å². The number of rotatable bonds is 14. The maximum absolute atomic E-state index is 11.7. The Labute approximate surface area is 152 Å². The molecule has 0 N–H and O–H groups in total. The molecule has 0 radical (unpaired) electrons. The summed E-state index contributed by atoms with van der Waals surface area (Å²) in [5, 5.41) is 0. The zero-order valence-electron chi connectivity index (χ0n) is 14.3. The molecule has 0 saturated heterocycles. The molecule has 0 aromatic carbocycles. The van der Waals surface area contributed by atoms with E-state index in [2.05, 4.69) is 13.8 Å². The first-order valence-electron chi connectivity index (χ1n) is 8.58. The van der Waals surface area contributed by atoms with Crippen LogP contribution < -0.4 is 0 Å². The molecule has 0 aliphatic carbocycles. The molecule has 0 unspecified atom stereocenters. The minimum absolute atomic E-state index is 0.269. The summed E-state index contributed by atoms with van der Waals surface area (Å²) in [4.78, 5) is 23.3. The van der Waals surface area contributed by atoms with Gasteiger partial charge in [0, 0.05) is 0 Å². The van der Waals surface area contributed by atoms with Crippen LogP contribution in [-0.4, -0.2) is 28.7 Å². The van der Waals surface area contributed by atoms with Gasteiger partial charge in [-0.1, -0.05) is 0 Å². The van der Waals surface area contributed by atoms with Crippen LogP contribution in [0, 0.1) is 0 Å². The SMILES string of the molecule is CCCCCCCC(=O)O[Te](Cl)(Cl)OC(=O)CCCCCCC. The molecular formula is C16H30Cl2O4Te. The molecule has 0 rings (SSSR count). The molecule has 0 aromatic heterocycles. The summed E-state index contributed by atoms with van der Waals surface area (Å²) in [5.41, 5.74) is 0. The van der Waals surface area contributed by atoms with Gasteiger partial charge in [0.25, 0.3) is 0 Å². The topological polar surface area (TPSA) is 52.6 Å². The predicted molar refractivity (Wildman–Crippen MR) is 96.4 cm³/mol. The number of carbonyl (C=O) groups excluding carboxylic acids is 2. The molecule has 0 spiro atoms. The Hall–Kier alpha value is 0.310. The molecule has 0 saturated carbocycles. The minimum atomic E-state index is -4.29. The summed E-state index contributed by atoms with van der Waals surface area (Å²) in [6.45, 7) is 4.27. The number of carbonyl (C=O) groups is 2. The second-order valence-corrected chi connectivity index (χ2v) is 15.2. The van der Waals surface area contributed by atoms with Gasteiger partial charge >= 0.3 is 153 Å². The van der Waals surface area contributed by atoms with Crippen LogP contribution >= 0.6 is 17.9 Å². The van der Waals surface area contributed by atoms with Gasteiger partial charge in [0.1, 0.15) is 0 Å². The van der Waals surface area contributed by atoms with Crippen molar-refractivity contribution in [3.63, 3.8) is 0 Å². The molecule has 23 heavy (non-hydrogen) atoms. The molecule has 0 fully saturated rings. The maximum atomic E-state index is 11.7. The summed E-state index contributed by atoms with van der Waals surface area (Å²) in [5.74, 6) is -0.938. The van der Waals surface area contributed by atoms with Gasteiger partial charge in [-0.3, -0.25) is 0 Å². The van der Waals surface area contributed by atoms with E-state index in [0.717, 1.165) is 64.2 Å². The van der Waals surface area contributed by atoms with Crippen molar-refractivity contribution in [3.05, 3.63) is 0 Å². The van der Waals surface area contributed by atoms with Gasteiger partial charge < -0.3 is 0 Å². The molecule has 0 aromatic rings. The van der Waals surface area contributed by atoms with Crippen molar-refractivity contribution in [2.45, 2.75) is 90.9 Å². The summed E-state index contributed by atoms with van der Waals surface area (Å²) in [7, 11) is 11.8. The van der Waals surface area contributed by atoms with E-state index in [0.29, 0.717) is 0 Å². The van der Waals surface area contributed by atoms with Crippen LogP contribution in [0.1, 0.15) is 90.9 Å². The van der Waals surface area contributed by atoms with E-state index in [1.165, 1.54) is 0 Å². The van der Waals surface area contributed by atoms with Crippen LogP contribution in [0.4, 0.5) is 0 Å². The second-order valence-electron chi connectivity index (χ2n) is 5.62. The molecular weight excluding hydrogens is 455 g/mol. The predicted octanol–water partition coefficient (Wildman–Crippen LogP) is 5.71. The second kappa shape index (κ2) is 14.6. The fourth-order valence-corrected chi connectivity index (χ4v) is 5.76. The first kappa shape index (κ1) is 23.3. The summed E-state index contributed by atoms with van der Waals surface area (Å²) >= 11 is -4.29. The third-order valence-electron chi connectivity index (χ3n) is 3.35. The third kappa shape index (κ3) is 15.6. The normalized spacial score (nSPS) is 12.0. The Morgan fingerprint density at radius 2 is 1.04 bits per heavy atom. The molecule has 0 aliphatic heterocycles. The first-order chi connectivity index (χ1) is 10.9. The Bertz CT molecular complexity index is 308. The number of hydrogen-bond donors (Lipinski definition) is 0. The molecule has 138 valence electrons. The summed E-state index contributed by atoms with van der Waals surface area (Å²) in [6, 6.07) is 0. The van der Waals surface area contributed by atoms with Crippen molar-refractivity contribution in [2.75, 3.05) is 0 Å². The van der Waals surface area contributed by atoms with Crippen LogP contribution in [0.25, 0.3) is 0 Å². The number of hydrogen-bond acceptors (Lipinski definition) is 4. The molecule has 0 atom stereocenters. The zero-order chi connectivity index (χ0) is 17.6. The van der Waals surface area contributed by atoms with Gasteiger partial charge in [-0.25, -0.2) is 0 Å². The van der Waals surface area contributed by atoms with Gasteiger partial charge in [0.2, 0.25) is 0 Å². The Morgan fingerprint density at radius 3 is 1.39 bits per heavy atom. The Balaban J connectivity index is 3.83. The van der Waals surface area contributed by atoms with Gasteiger partial charge in [-0.2, -0.15) is 0 Å². The third-order valence-corrected chi connectivity index (χ3v) is 7.21. The van der Waals surface area contributed by atoms with Crippen molar-refractivity contribution in [3.8, 4) is 0 Å². The van der Waals surface area contributed by atoms with Crippen molar-refractivity contribution in [2.24, 2.45) is 0 Å². The van der Waals surface area contributed by atoms with Crippen molar-refractivity contribution in [1.29, 1.82) is 0 Å². The number of unbranched alkanes of at least 4 members (excludes halogenated alkanes) is 8. The zero-order valence-corrected chi connectivity index (χ0v) is 18.1. The van der Waals surface area contributed by atoms with Crippen LogP contribution in [0.5, 0.6) is 0 Å². The molecule has 0 amide bonds. The van der Waals surface area contributed by atoms with Crippen LogP contribution in [0.3, 0.4) is 0 Å². The molecule has 0 heterocycles. The van der Waals surface area contributed by atoms with Crippen molar-refractivity contribution < 1.29 is 15.8 Å². The fraction of sp³-hybridized carbons (Fsp3) is 0.875. The Kier molecular flexibility index (Phi) is 14.8. The van der Waals surface area contributed by atoms with E-state index in [4.69, 9.17) is 24.1 Å². The average molecular weight is 485 g/mol. The quantitative estimate of drug-likeness (QED) is 0.234. The van der Waals surface area contributed by atoms with E-state index < -0.39 is 28.7 Å². The standard InChI is InChI=1S/C16H30Cl2O4Te/c1-3-5-7-9-11-13-15(19)21-23(17,18)22-16(20)14-12-10-8-6-4-2/h3-14H2,1-2H3. The van der Waals surface area contributed by atoms with Gasteiger partial charge in [0.05, 0.1) is 0 Å². The summed E-state index contributed by atoms with van der Waals surface area (Å²) < 4.78 is 10.00. The van der Waals surface area contributed by atoms with E-state index in [1.54, 1.807) is 0 Å². The molecule has 4 nitrogen and oxygen atoms in total. The number of halogens is 2. The van der Waals surface area contributed by atoms with E-state index >= 15 is 0 Å². The Morgan fingerprint density at radius 1 is 0.696 bits per heavy atom. The fourth-order valence-electron chi connectivity index (χ4n) is 2.06. The van der Waals surface area contributed by atoms with Crippen molar-refractivity contribution >= 4 is 46.6 Å². The van der Waals surface area contributed by atoms with Crippen LogP contribution in [-0.2, 0) is 15.8 Å². The average Bonchev–Trinajstić information content (AvgIpc) is 2.45. The van der Waals surface area contributed by atoms with Crippen LogP contribution in [0.15, 0.2) is 0 Å². The first-order valence-corrected chi connectivity index (χ1v) is 16.4. The summed E-state index contributed by atoms with van der Waals surface area (Å²) in [6.07, 6.45) is 10.8. The van der Waals surface area contributed by atoms with Crippen molar-refractivity contribution in [1.82, 2.24) is 0 Å². The molecule has 0 bridgehead atoms. The molecule has 7 heteroatoms. The van der Waals surface area contributed by atoms with E-state index in [1.807, 2.05) is 0 Å². The van der Waals surface area contributed by atoms with Gasteiger partial charge in [-0.05, 0) is 0 Å². The van der Waals surface area contributed by atoms with Gasteiger partial charge in [-0.15, -0.1) is 0 Å².